The van der Waals surface area contributed by atoms with Gasteiger partial charge < -0.3 is 9.80 Å². The molecule has 7 nitrogen and oxygen atoms in total. The first-order chi connectivity index (χ1) is 14.2. The first kappa shape index (κ1) is 20.8. The van der Waals surface area contributed by atoms with Crippen molar-refractivity contribution in [2.75, 3.05) is 35.2 Å². The van der Waals surface area contributed by atoms with Crippen molar-refractivity contribution in [1.82, 2.24) is 9.36 Å². The topological polar surface area (TPSA) is 78.4 Å². The van der Waals surface area contributed by atoms with E-state index in [9.17, 15) is 12.8 Å². The second-order valence-electron chi connectivity index (χ2n) is 7.10. The third-order valence-electron chi connectivity index (χ3n) is 4.93. The van der Waals surface area contributed by atoms with E-state index in [-0.39, 0.29) is 10.2 Å². The summed E-state index contributed by atoms with van der Waals surface area (Å²) in [7, 11) is -0.180. The number of nitrogens with zero attached hydrogens (tertiary/aromatic N) is 4. The average molecular weight is 468 g/mol. The smallest absolute Gasteiger partial charge is 0.266 e. The van der Waals surface area contributed by atoms with Crippen molar-refractivity contribution in [3.05, 3.63) is 58.6 Å². The van der Waals surface area contributed by atoms with E-state index in [0.717, 1.165) is 35.3 Å². The van der Waals surface area contributed by atoms with Crippen molar-refractivity contribution in [2.24, 2.45) is 0 Å². The zero-order valence-corrected chi connectivity index (χ0v) is 18.7. The van der Waals surface area contributed by atoms with Crippen LogP contribution in [0.2, 0.25) is 5.02 Å². The molecule has 1 aliphatic rings. The van der Waals surface area contributed by atoms with Gasteiger partial charge in [0.25, 0.3) is 10.0 Å². The number of nitrogens with one attached hydrogen (secondary N) is 1. The van der Waals surface area contributed by atoms with Crippen LogP contribution in [-0.4, -0.2) is 38.4 Å². The van der Waals surface area contributed by atoms with E-state index in [2.05, 4.69) is 26.2 Å². The minimum Gasteiger partial charge on any atom is -0.378 e. The van der Waals surface area contributed by atoms with Crippen LogP contribution in [-0.2, 0) is 23.0 Å². The van der Waals surface area contributed by atoms with E-state index in [1.807, 2.05) is 30.0 Å². The Morgan fingerprint density at radius 1 is 1.23 bits per heavy atom. The second-order valence-corrected chi connectivity index (χ2v) is 9.94. The van der Waals surface area contributed by atoms with Crippen molar-refractivity contribution in [3.8, 4) is 0 Å². The molecule has 0 saturated heterocycles. The molecule has 4 rings (SSSR count). The quantitative estimate of drug-likeness (QED) is 0.615. The van der Waals surface area contributed by atoms with E-state index in [4.69, 9.17) is 11.6 Å². The van der Waals surface area contributed by atoms with Crippen LogP contribution >= 0.6 is 23.1 Å². The second kappa shape index (κ2) is 8.01. The van der Waals surface area contributed by atoms with Crippen LogP contribution in [0.5, 0.6) is 0 Å². The minimum atomic E-state index is -4.17. The van der Waals surface area contributed by atoms with Gasteiger partial charge in [0.2, 0.25) is 5.13 Å². The van der Waals surface area contributed by atoms with Crippen molar-refractivity contribution in [3.63, 3.8) is 0 Å². The summed E-state index contributed by atoms with van der Waals surface area (Å²) in [6, 6.07) is 8.57. The van der Waals surface area contributed by atoms with Crippen LogP contribution < -0.4 is 14.5 Å². The molecular formula is C19H19ClFN5O2S2. The fraction of sp³-hybridized carbons (Fsp3) is 0.263. The van der Waals surface area contributed by atoms with Gasteiger partial charge in [0, 0.05) is 50.5 Å². The average Bonchev–Trinajstić information content (AvgIpc) is 3.20. The van der Waals surface area contributed by atoms with Gasteiger partial charge in [-0.2, -0.15) is 4.37 Å². The summed E-state index contributed by atoms with van der Waals surface area (Å²) in [5.74, 6) is -0.875. The molecule has 0 amide bonds. The Balaban J connectivity index is 1.61. The van der Waals surface area contributed by atoms with Crippen LogP contribution in [0.1, 0.15) is 11.1 Å². The maximum atomic E-state index is 14.8. The summed E-state index contributed by atoms with van der Waals surface area (Å²) in [6.45, 7) is 1.22. The number of benzene rings is 2. The van der Waals surface area contributed by atoms with Gasteiger partial charge in [-0.05, 0) is 35.7 Å². The molecule has 0 spiro atoms. The first-order valence-corrected chi connectivity index (χ1v) is 11.7. The van der Waals surface area contributed by atoms with Crippen molar-refractivity contribution >= 4 is 49.7 Å². The molecule has 30 heavy (non-hydrogen) atoms. The number of halogens is 2. The van der Waals surface area contributed by atoms with Gasteiger partial charge in [0.05, 0.1) is 10.7 Å². The zero-order valence-electron chi connectivity index (χ0n) is 16.3. The van der Waals surface area contributed by atoms with E-state index >= 15 is 0 Å². The van der Waals surface area contributed by atoms with E-state index in [1.165, 1.54) is 18.0 Å². The Morgan fingerprint density at radius 2 is 2.03 bits per heavy atom. The largest absolute Gasteiger partial charge is 0.378 e. The van der Waals surface area contributed by atoms with Crippen LogP contribution in [0.3, 0.4) is 0 Å². The lowest BCUT2D eigenvalue weighted by Crippen LogP contribution is -2.31. The maximum Gasteiger partial charge on any atom is 0.266 e. The highest BCUT2D eigenvalue weighted by Gasteiger charge is 2.25. The highest BCUT2D eigenvalue weighted by atomic mass is 35.5. The Morgan fingerprint density at radius 3 is 2.73 bits per heavy atom. The summed E-state index contributed by atoms with van der Waals surface area (Å²) in [4.78, 5) is 7.24. The van der Waals surface area contributed by atoms with E-state index in [1.54, 1.807) is 0 Å². The number of hydrogen-bond acceptors (Lipinski definition) is 7. The molecule has 2 aromatic carbocycles. The predicted octanol–water partition coefficient (Wildman–Crippen LogP) is 3.76. The molecular weight excluding hydrogens is 449 g/mol. The summed E-state index contributed by atoms with van der Waals surface area (Å²) < 4.78 is 45.8. The SMILES string of the molecule is CN(C)c1ccc2c(c1)CCN(c1cc(F)c(S(=O)(=O)Nc3ncns3)cc1Cl)C2. The normalized spacial score (nSPS) is 13.8. The third-order valence-corrected chi connectivity index (χ3v) is 7.30. The Hall–Kier alpha value is -2.43. The van der Waals surface area contributed by atoms with Crippen LogP contribution in [0.4, 0.5) is 20.9 Å². The number of rotatable bonds is 5. The maximum absolute atomic E-state index is 14.8. The van der Waals surface area contributed by atoms with Crippen LogP contribution in [0, 0.1) is 5.82 Å². The van der Waals surface area contributed by atoms with Gasteiger partial charge in [-0.3, -0.25) is 4.72 Å². The Kier molecular flexibility index (Phi) is 5.56. The fourth-order valence-electron chi connectivity index (χ4n) is 3.38. The molecule has 0 aliphatic carbocycles. The molecule has 2 heterocycles. The molecule has 0 radical (unpaired) electrons. The molecule has 0 fully saturated rings. The zero-order chi connectivity index (χ0) is 21.5. The molecule has 3 aromatic rings. The van der Waals surface area contributed by atoms with E-state index < -0.39 is 20.7 Å². The number of fused-ring (bicyclic) bond motifs is 1. The van der Waals surface area contributed by atoms with Gasteiger partial charge in [-0.25, -0.2) is 17.8 Å². The lowest BCUT2D eigenvalue weighted by atomic mass is 9.98. The molecule has 0 atom stereocenters. The summed E-state index contributed by atoms with van der Waals surface area (Å²) in [5, 5.41) is 0.224. The van der Waals surface area contributed by atoms with Gasteiger partial charge >= 0.3 is 0 Å². The van der Waals surface area contributed by atoms with Crippen molar-refractivity contribution in [2.45, 2.75) is 17.9 Å². The highest BCUT2D eigenvalue weighted by molar-refractivity contribution is 7.93. The standard InChI is InChI=1S/C19H19ClFN5O2S2/c1-25(2)14-4-3-13-10-26(6-5-12(13)7-14)17-9-16(21)18(8-15(17)20)30(27,28)24-19-22-11-23-29-19/h3-4,7-9,11H,5-6,10H2,1-2H3,(H,22,23,24). The molecule has 0 unspecified atom stereocenters. The van der Waals surface area contributed by atoms with Gasteiger partial charge in [-0.15, -0.1) is 0 Å². The van der Waals surface area contributed by atoms with Gasteiger partial charge in [-0.1, -0.05) is 17.7 Å². The highest BCUT2D eigenvalue weighted by Crippen LogP contribution is 2.35. The number of hydrogen-bond donors (Lipinski definition) is 1. The van der Waals surface area contributed by atoms with E-state index in [0.29, 0.717) is 18.8 Å². The minimum absolute atomic E-state index is 0.0549. The fourth-order valence-corrected chi connectivity index (χ4v) is 5.47. The Bertz CT molecular complexity index is 1190. The first-order valence-electron chi connectivity index (χ1n) is 9.07. The lowest BCUT2D eigenvalue weighted by Gasteiger charge is -2.32. The molecule has 0 saturated carbocycles. The molecule has 1 N–H and O–H groups in total. The molecule has 1 aliphatic heterocycles. The summed E-state index contributed by atoms with van der Waals surface area (Å²) >= 11 is 7.24. The molecule has 1 aromatic heterocycles. The van der Waals surface area contributed by atoms with Crippen LogP contribution in [0.15, 0.2) is 41.6 Å². The van der Waals surface area contributed by atoms with Crippen LogP contribution in [0.25, 0.3) is 0 Å². The molecule has 0 bridgehead atoms. The van der Waals surface area contributed by atoms with Gasteiger partial charge in [0.1, 0.15) is 17.0 Å². The molecule has 11 heteroatoms. The van der Waals surface area contributed by atoms with Crippen molar-refractivity contribution < 1.29 is 12.8 Å². The van der Waals surface area contributed by atoms with Crippen molar-refractivity contribution in [1.29, 1.82) is 0 Å². The summed E-state index contributed by atoms with van der Waals surface area (Å²) in [5.41, 5.74) is 3.97. The lowest BCUT2D eigenvalue weighted by molar-refractivity contribution is 0.569. The Labute approximate surface area is 183 Å². The monoisotopic (exact) mass is 467 g/mol. The number of anilines is 3. The number of sulfonamides is 1. The number of aromatic nitrogens is 2. The molecule has 158 valence electrons. The summed E-state index contributed by atoms with van der Waals surface area (Å²) in [6.07, 6.45) is 2.00. The van der Waals surface area contributed by atoms with Gasteiger partial charge in [0.15, 0.2) is 0 Å². The third kappa shape index (κ3) is 4.07. The predicted molar refractivity (Wildman–Crippen MR) is 118 cm³/mol.